The van der Waals surface area contributed by atoms with Crippen LogP contribution in [0.25, 0.3) is 10.6 Å². The molecule has 0 saturated carbocycles. The quantitative estimate of drug-likeness (QED) is 0.732. The van der Waals surface area contributed by atoms with Crippen molar-refractivity contribution in [2.75, 3.05) is 0 Å². The standard InChI is InChI=1S/C12H12N2S/c1-2-6-11-10(5-1)14-12(15-11)9-4-3-7-13-8-9/h3-4,7-8H,1-2,5-6H2. The molecule has 2 heterocycles. The maximum absolute atomic E-state index is 4.70. The Balaban J connectivity index is 2.03. The molecule has 0 aromatic carbocycles. The lowest BCUT2D eigenvalue weighted by molar-refractivity contribution is 0.682. The Morgan fingerprint density at radius 2 is 2.13 bits per heavy atom. The Bertz CT molecular complexity index is 438. The molecule has 0 fully saturated rings. The van der Waals surface area contributed by atoms with E-state index in [9.17, 15) is 0 Å². The topological polar surface area (TPSA) is 25.8 Å². The van der Waals surface area contributed by atoms with Crippen molar-refractivity contribution in [3.63, 3.8) is 0 Å². The molecule has 0 bridgehead atoms. The average molecular weight is 216 g/mol. The lowest BCUT2D eigenvalue weighted by atomic mass is 10.0. The van der Waals surface area contributed by atoms with Crippen LogP contribution in [0.1, 0.15) is 23.4 Å². The Hall–Kier alpha value is -1.22. The normalized spacial score (nSPS) is 14.9. The van der Waals surface area contributed by atoms with Crippen LogP contribution in [-0.2, 0) is 12.8 Å². The van der Waals surface area contributed by atoms with Crippen molar-refractivity contribution < 1.29 is 0 Å². The minimum Gasteiger partial charge on any atom is -0.264 e. The van der Waals surface area contributed by atoms with Gasteiger partial charge in [-0.1, -0.05) is 0 Å². The van der Waals surface area contributed by atoms with Crippen LogP contribution in [0.4, 0.5) is 0 Å². The van der Waals surface area contributed by atoms with Gasteiger partial charge in [-0.3, -0.25) is 4.98 Å². The second-order valence-electron chi connectivity index (χ2n) is 3.84. The van der Waals surface area contributed by atoms with Gasteiger partial charge in [-0.2, -0.15) is 0 Å². The predicted octanol–water partition coefficient (Wildman–Crippen LogP) is 3.08. The summed E-state index contributed by atoms with van der Waals surface area (Å²) in [4.78, 5) is 10.3. The summed E-state index contributed by atoms with van der Waals surface area (Å²) in [6.45, 7) is 0. The van der Waals surface area contributed by atoms with E-state index in [4.69, 9.17) is 4.98 Å². The van der Waals surface area contributed by atoms with Crippen molar-refractivity contribution in [1.29, 1.82) is 0 Å². The second kappa shape index (κ2) is 3.74. The first-order valence-electron chi connectivity index (χ1n) is 5.32. The van der Waals surface area contributed by atoms with E-state index in [2.05, 4.69) is 11.1 Å². The zero-order valence-electron chi connectivity index (χ0n) is 8.44. The Morgan fingerprint density at radius 3 is 2.93 bits per heavy atom. The van der Waals surface area contributed by atoms with Gasteiger partial charge in [0.15, 0.2) is 0 Å². The molecule has 0 radical (unpaired) electrons. The van der Waals surface area contributed by atoms with Crippen LogP contribution in [0.15, 0.2) is 24.5 Å². The predicted molar refractivity (Wildman–Crippen MR) is 62.0 cm³/mol. The van der Waals surface area contributed by atoms with Crippen LogP contribution in [-0.4, -0.2) is 9.97 Å². The molecule has 0 aliphatic heterocycles. The number of thiazole rings is 1. The molecule has 0 spiro atoms. The van der Waals surface area contributed by atoms with Gasteiger partial charge in [0.05, 0.1) is 5.69 Å². The average Bonchev–Trinajstić information content (AvgIpc) is 2.74. The maximum atomic E-state index is 4.70. The van der Waals surface area contributed by atoms with Crippen molar-refractivity contribution >= 4 is 11.3 Å². The molecule has 0 N–H and O–H groups in total. The number of rotatable bonds is 1. The first-order chi connectivity index (χ1) is 7.43. The van der Waals surface area contributed by atoms with E-state index in [0.717, 1.165) is 17.0 Å². The lowest BCUT2D eigenvalue weighted by Crippen LogP contribution is -1.98. The fourth-order valence-electron chi connectivity index (χ4n) is 1.96. The maximum Gasteiger partial charge on any atom is 0.125 e. The number of aryl methyl sites for hydroxylation is 2. The molecule has 0 saturated heterocycles. The fourth-order valence-corrected chi connectivity index (χ4v) is 3.10. The molecule has 0 atom stereocenters. The summed E-state index contributed by atoms with van der Waals surface area (Å²) < 4.78 is 0. The molecule has 2 nitrogen and oxygen atoms in total. The van der Waals surface area contributed by atoms with Crippen molar-refractivity contribution in [2.45, 2.75) is 25.7 Å². The molecule has 3 rings (SSSR count). The zero-order chi connectivity index (χ0) is 10.1. The minimum atomic E-state index is 1.13. The molecule has 0 unspecified atom stereocenters. The largest absolute Gasteiger partial charge is 0.264 e. The number of fused-ring (bicyclic) bond motifs is 1. The molecule has 15 heavy (non-hydrogen) atoms. The van der Waals surface area contributed by atoms with Crippen LogP contribution < -0.4 is 0 Å². The van der Waals surface area contributed by atoms with Gasteiger partial charge in [-0.15, -0.1) is 11.3 Å². The van der Waals surface area contributed by atoms with Gasteiger partial charge < -0.3 is 0 Å². The Kier molecular flexibility index (Phi) is 2.25. The third-order valence-electron chi connectivity index (χ3n) is 2.75. The first kappa shape index (κ1) is 9.04. The first-order valence-corrected chi connectivity index (χ1v) is 6.14. The highest BCUT2D eigenvalue weighted by molar-refractivity contribution is 7.15. The third-order valence-corrected chi connectivity index (χ3v) is 3.96. The molecule has 1 aliphatic rings. The van der Waals surface area contributed by atoms with Crippen LogP contribution >= 0.6 is 11.3 Å². The van der Waals surface area contributed by atoms with Gasteiger partial charge in [-0.05, 0) is 37.8 Å². The summed E-state index contributed by atoms with van der Waals surface area (Å²) in [5, 5.41) is 1.13. The molecular formula is C12H12N2S. The number of nitrogens with zero attached hydrogens (tertiary/aromatic N) is 2. The SMILES string of the molecule is c1cncc(-c2nc3c(s2)CCCC3)c1. The summed E-state index contributed by atoms with van der Waals surface area (Å²) in [5.41, 5.74) is 2.47. The molecule has 2 aromatic heterocycles. The lowest BCUT2D eigenvalue weighted by Gasteiger charge is -2.06. The highest BCUT2D eigenvalue weighted by atomic mass is 32.1. The Morgan fingerprint density at radius 1 is 1.20 bits per heavy atom. The van der Waals surface area contributed by atoms with E-state index in [-0.39, 0.29) is 0 Å². The summed E-state index contributed by atoms with van der Waals surface area (Å²) in [5.74, 6) is 0. The smallest absolute Gasteiger partial charge is 0.125 e. The van der Waals surface area contributed by atoms with Crippen LogP contribution in [0.5, 0.6) is 0 Å². The van der Waals surface area contributed by atoms with Crippen molar-refractivity contribution in [3.05, 3.63) is 35.1 Å². The molecular weight excluding hydrogens is 204 g/mol. The number of hydrogen-bond acceptors (Lipinski definition) is 3. The summed E-state index contributed by atoms with van der Waals surface area (Å²) in [6.07, 6.45) is 8.69. The minimum absolute atomic E-state index is 1.13. The van der Waals surface area contributed by atoms with Crippen LogP contribution in [0.2, 0.25) is 0 Å². The highest BCUT2D eigenvalue weighted by Crippen LogP contribution is 2.31. The van der Waals surface area contributed by atoms with Gasteiger partial charge in [0.1, 0.15) is 5.01 Å². The highest BCUT2D eigenvalue weighted by Gasteiger charge is 2.15. The summed E-state index contributed by atoms with van der Waals surface area (Å²) >= 11 is 1.84. The van der Waals surface area contributed by atoms with Crippen LogP contribution in [0, 0.1) is 0 Å². The molecule has 0 amide bonds. The second-order valence-corrected chi connectivity index (χ2v) is 4.92. The van der Waals surface area contributed by atoms with E-state index in [1.807, 2.05) is 23.6 Å². The van der Waals surface area contributed by atoms with Crippen molar-refractivity contribution in [2.24, 2.45) is 0 Å². The van der Waals surface area contributed by atoms with Crippen LogP contribution in [0.3, 0.4) is 0 Å². The van der Waals surface area contributed by atoms with Gasteiger partial charge >= 0.3 is 0 Å². The number of hydrogen-bond donors (Lipinski definition) is 0. The van der Waals surface area contributed by atoms with Crippen molar-refractivity contribution in [3.8, 4) is 10.6 Å². The van der Waals surface area contributed by atoms with E-state index in [1.54, 1.807) is 6.20 Å². The monoisotopic (exact) mass is 216 g/mol. The van der Waals surface area contributed by atoms with Gasteiger partial charge in [0.25, 0.3) is 0 Å². The fraction of sp³-hybridized carbons (Fsp3) is 0.333. The molecule has 76 valence electrons. The number of aromatic nitrogens is 2. The summed E-state index contributed by atoms with van der Waals surface area (Å²) in [7, 11) is 0. The van der Waals surface area contributed by atoms with Crippen molar-refractivity contribution in [1.82, 2.24) is 9.97 Å². The Labute approximate surface area is 93.0 Å². The van der Waals surface area contributed by atoms with E-state index in [1.165, 1.54) is 29.8 Å². The van der Waals surface area contributed by atoms with E-state index >= 15 is 0 Å². The van der Waals surface area contributed by atoms with Gasteiger partial charge in [0, 0.05) is 22.8 Å². The van der Waals surface area contributed by atoms with E-state index < -0.39 is 0 Å². The summed E-state index contributed by atoms with van der Waals surface area (Å²) in [6, 6.07) is 4.05. The van der Waals surface area contributed by atoms with Gasteiger partial charge in [-0.25, -0.2) is 4.98 Å². The molecule has 1 aliphatic carbocycles. The molecule has 2 aromatic rings. The molecule has 3 heteroatoms. The van der Waals surface area contributed by atoms with E-state index in [0.29, 0.717) is 0 Å². The third kappa shape index (κ3) is 1.67. The number of pyridine rings is 1. The van der Waals surface area contributed by atoms with Gasteiger partial charge in [0.2, 0.25) is 0 Å². The zero-order valence-corrected chi connectivity index (χ0v) is 9.26.